The summed E-state index contributed by atoms with van der Waals surface area (Å²) in [6.45, 7) is 1.92. The lowest BCUT2D eigenvalue weighted by Crippen LogP contribution is -2.26. The topological polar surface area (TPSA) is 89.3 Å². The highest BCUT2D eigenvalue weighted by Gasteiger charge is 2.18. The fourth-order valence-corrected chi connectivity index (χ4v) is 4.06. The van der Waals surface area contributed by atoms with E-state index in [4.69, 9.17) is 5.73 Å². The Morgan fingerprint density at radius 2 is 2.05 bits per heavy atom. The van der Waals surface area contributed by atoms with Crippen LogP contribution >= 0.6 is 15.9 Å². The number of sulfonamides is 1. The molecule has 3 N–H and O–H groups in total. The van der Waals surface area contributed by atoms with Crippen LogP contribution in [0.15, 0.2) is 21.5 Å². The molecule has 0 radical (unpaired) electrons. The summed E-state index contributed by atoms with van der Waals surface area (Å²) in [6.07, 6.45) is 2.12. The first kappa shape index (κ1) is 16.6. The molecule has 5 nitrogen and oxygen atoms in total. The molecule has 0 heterocycles. The third-order valence-corrected chi connectivity index (χ3v) is 5.46. The van der Waals surface area contributed by atoms with Crippen molar-refractivity contribution in [1.29, 1.82) is 0 Å². The molecule has 1 aromatic carbocycles. The lowest BCUT2D eigenvalue weighted by Gasteiger charge is -2.11. The minimum Gasteiger partial charge on any atom is -0.398 e. The summed E-state index contributed by atoms with van der Waals surface area (Å²) in [5.41, 5.74) is 6.69. The van der Waals surface area contributed by atoms with Crippen molar-refractivity contribution in [2.75, 3.05) is 24.3 Å². The molecule has 1 aromatic rings. The SMILES string of the molecule is Cc1c(N)cc(Br)cc1S(=O)(=O)NCCCS(C)=O. The van der Waals surface area contributed by atoms with Crippen LogP contribution in [0.25, 0.3) is 0 Å². The molecule has 1 unspecified atom stereocenters. The second-order valence-electron chi connectivity index (χ2n) is 4.15. The molecule has 0 amide bonds. The summed E-state index contributed by atoms with van der Waals surface area (Å²) in [5.74, 6) is 0.474. The van der Waals surface area contributed by atoms with Gasteiger partial charge in [0.15, 0.2) is 0 Å². The maximum Gasteiger partial charge on any atom is 0.240 e. The molecular formula is C11H17BrN2O3S2. The van der Waals surface area contributed by atoms with Gasteiger partial charge >= 0.3 is 0 Å². The molecule has 8 heteroatoms. The van der Waals surface area contributed by atoms with Gasteiger partial charge in [0.1, 0.15) is 0 Å². The number of benzene rings is 1. The van der Waals surface area contributed by atoms with E-state index in [1.807, 2.05) is 0 Å². The van der Waals surface area contributed by atoms with Crippen LogP contribution in [0.5, 0.6) is 0 Å². The molecule has 0 saturated carbocycles. The van der Waals surface area contributed by atoms with Crippen molar-refractivity contribution in [1.82, 2.24) is 4.72 Å². The number of hydrogen-bond acceptors (Lipinski definition) is 4. The minimum atomic E-state index is -3.59. The van der Waals surface area contributed by atoms with Crippen molar-refractivity contribution in [2.45, 2.75) is 18.2 Å². The quantitative estimate of drug-likeness (QED) is 0.586. The van der Waals surface area contributed by atoms with Gasteiger partial charge in [-0.3, -0.25) is 4.21 Å². The van der Waals surface area contributed by atoms with Gasteiger partial charge < -0.3 is 5.73 Å². The molecule has 0 aliphatic carbocycles. The van der Waals surface area contributed by atoms with Crippen LogP contribution in [0.4, 0.5) is 5.69 Å². The van der Waals surface area contributed by atoms with Gasteiger partial charge in [0.05, 0.1) is 4.90 Å². The molecule has 0 bridgehead atoms. The molecule has 0 aliphatic heterocycles. The maximum atomic E-state index is 12.1. The fraction of sp³-hybridized carbons (Fsp3) is 0.455. The van der Waals surface area contributed by atoms with E-state index in [0.29, 0.717) is 27.9 Å². The molecular weight excluding hydrogens is 352 g/mol. The number of halogens is 1. The van der Waals surface area contributed by atoms with Crippen LogP contribution in [-0.2, 0) is 20.8 Å². The van der Waals surface area contributed by atoms with E-state index in [1.54, 1.807) is 19.2 Å². The lowest BCUT2D eigenvalue weighted by molar-refractivity contribution is 0.580. The minimum absolute atomic E-state index is 0.164. The Kier molecular flexibility index (Phi) is 5.97. The number of nitrogen functional groups attached to an aromatic ring is 1. The highest BCUT2D eigenvalue weighted by Crippen LogP contribution is 2.26. The van der Waals surface area contributed by atoms with E-state index < -0.39 is 20.8 Å². The van der Waals surface area contributed by atoms with Crippen LogP contribution in [0.3, 0.4) is 0 Å². The van der Waals surface area contributed by atoms with E-state index >= 15 is 0 Å². The second-order valence-corrected chi connectivity index (χ2v) is 8.35. The third-order valence-electron chi connectivity index (χ3n) is 2.56. The molecule has 0 spiro atoms. The Bertz CT molecular complexity index is 588. The van der Waals surface area contributed by atoms with Gasteiger partial charge in [-0.05, 0) is 31.0 Å². The Balaban J connectivity index is 2.86. The molecule has 19 heavy (non-hydrogen) atoms. The summed E-state index contributed by atoms with van der Waals surface area (Å²) in [7, 11) is -4.51. The lowest BCUT2D eigenvalue weighted by atomic mass is 10.2. The maximum absolute atomic E-state index is 12.1. The van der Waals surface area contributed by atoms with E-state index in [1.165, 1.54) is 6.07 Å². The Labute approximate surface area is 124 Å². The molecule has 0 saturated heterocycles. The molecule has 1 atom stereocenters. The van der Waals surface area contributed by atoms with Crippen molar-refractivity contribution in [3.8, 4) is 0 Å². The predicted octanol–water partition coefficient (Wildman–Crippen LogP) is 1.39. The Morgan fingerprint density at radius 3 is 2.63 bits per heavy atom. The number of nitrogens with one attached hydrogen (secondary N) is 1. The van der Waals surface area contributed by atoms with Gasteiger partial charge in [0.2, 0.25) is 10.0 Å². The normalized spacial score (nSPS) is 13.4. The van der Waals surface area contributed by atoms with E-state index in [-0.39, 0.29) is 11.4 Å². The van der Waals surface area contributed by atoms with E-state index in [9.17, 15) is 12.6 Å². The molecule has 108 valence electrons. The first-order chi connectivity index (χ1) is 8.74. The molecule has 1 rings (SSSR count). The summed E-state index contributed by atoms with van der Waals surface area (Å²) < 4.78 is 38.3. The highest BCUT2D eigenvalue weighted by molar-refractivity contribution is 9.10. The number of anilines is 1. The Hall–Kier alpha value is -0.440. The summed E-state index contributed by atoms with van der Waals surface area (Å²) in [4.78, 5) is 0.164. The van der Waals surface area contributed by atoms with Crippen molar-refractivity contribution in [3.05, 3.63) is 22.2 Å². The van der Waals surface area contributed by atoms with Gasteiger partial charge in [0.25, 0.3) is 0 Å². The monoisotopic (exact) mass is 368 g/mol. The number of rotatable bonds is 6. The summed E-state index contributed by atoms with van der Waals surface area (Å²) in [5, 5.41) is 0. The summed E-state index contributed by atoms with van der Waals surface area (Å²) >= 11 is 3.23. The van der Waals surface area contributed by atoms with Crippen LogP contribution in [-0.4, -0.2) is 31.2 Å². The first-order valence-corrected chi connectivity index (χ1v) is 9.59. The van der Waals surface area contributed by atoms with Gasteiger partial charge in [-0.1, -0.05) is 15.9 Å². The first-order valence-electron chi connectivity index (χ1n) is 5.59. The second kappa shape index (κ2) is 6.83. The zero-order valence-corrected chi connectivity index (χ0v) is 14.0. The van der Waals surface area contributed by atoms with Crippen molar-refractivity contribution in [3.63, 3.8) is 0 Å². The van der Waals surface area contributed by atoms with Crippen LogP contribution in [0, 0.1) is 6.92 Å². The van der Waals surface area contributed by atoms with Gasteiger partial charge in [0, 0.05) is 39.5 Å². The van der Waals surface area contributed by atoms with Crippen LogP contribution in [0.1, 0.15) is 12.0 Å². The molecule has 0 aromatic heterocycles. The molecule has 0 fully saturated rings. The van der Waals surface area contributed by atoms with Crippen molar-refractivity contribution >= 4 is 42.4 Å². The zero-order chi connectivity index (χ0) is 14.6. The third kappa shape index (κ3) is 4.87. The largest absolute Gasteiger partial charge is 0.398 e. The van der Waals surface area contributed by atoms with Crippen molar-refractivity contribution in [2.24, 2.45) is 0 Å². The van der Waals surface area contributed by atoms with E-state index in [0.717, 1.165) is 0 Å². The smallest absolute Gasteiger partial charge is 0.240 e. The van der Waals surface area contributed by atoms with Gasteiger partial charge in [-0.15, -0.1) is 0 Å². The van der Waals surface area contributed by atoms with Crippen molar-refractivity contribution < 1.29 is 12.6 Å². The predicted molar refractivity (Wildman–Crippen MR) is 82.0 cm³/mol. The van der Waals surface area contributed by atoms with Gasteiger partial charge in [-0.25, -0.2) is 13.1 Å². The fourth-order valence-electron chi connectivity index (χ4n) is 1.51. The summed E-state index contributed by atoms with van der Waals surface area (Å²) in [6, 6.07) is 3.18. The van der Waals surface area contributed by atoms with Crippen LogP contribution < -0.4 is 10.5 Å². The molecule has 0 aliphatic rings. The highest BCUT2D eigenvalue weighted by atomic mass is 79.9. The average Bonchev–Trinajstić information content (AvgIpc) is 2.29. The number of nitrogens with two attached hydrogens (primary N) is 1. The average molecular weight is 369 g/mol. The Morgan fingerprint density at radius 1 is 1.42 bits per heavy atom. The van der Waals surface area contributed by atoms with Gasteiger partial charge in [-0.2, -0.15) is 0 Å². The van der Waals surface area contributed by atoms with E-state index in [2.05, 4.69) is 20.7 Å². The zero-order valence-electron chi connectivity index (χ0n) is 10.8. The standard InChI is InChI=1S/C11H17BrN2O3S2/c1-8-10(13)6-9(12)7-11(8)19(16,17)14-4-3-5-18(2)15/h6-7,14H,3-5,13H2,1-2H3. The van der Waals surface area contributed by atoms with Crippen LogP contribution in [0.2, 0.25) is 0 Å². The number of hydrogen-bond donors (Lipinski definition) is 2.